The van der Waals surface area contributed by atoms with Gasteiger partial charge in [0.25, 0.3) is 5.91 Å². The zero-order valence-corrected chi connectivity index (χ0v) is 15.0. The molecule has 4 heterocycles. The standard InChI is InChI=1S/C18H19F3N4O2/c1-10-5-14(11(2)27-10)16(26)24-6-12-8-25(9-13(12)7-24)17-22-4-3-15(23-17)18(19,20)21/h3-5,12-13H,6-9H2,1-2H3. The van der Waals surface area contributed by atoms with E-state index in [0.29, 0.717) is 43.3 Å². The number of nitrogens with zero attached hydrogens (tertiary/aromatic N) is 4. The fourth-order valence-corrected chi connectivity index (χ4v) is 3.99. The Bertz CT molecular complexity index is 866. The molecule has 2 saturated heterocycles. The third-order valence-electron chi connectivity index (χ3n) is 5.26. The number of likely N-dealkylation sites (tertiary alicyclic amines) is 1. The Labute approximate surface area is 154 Å². The molecule has 2 aliphatic rings. The molecule has 2 aromatic rings. The summed E-state index contributed by atoms with van der Waals surface area (Å²) in [7, 11) is 0. The van der Waals surface area contributed by atoms with Gasteiger partial charge in [-0.05, 0) is 26.0 Å². The molecule has 1 amide bonds. The zero-order valence-electron chi connectivity index (χ0n) is 15.0. The smallest absolute Gasteiger partial charge is 0.433 e. The Morgan fingerprint density at radius 2 is 1.85 bits per heavy atom. The number of aromatic nitrogens is 2. The average Bonchev–Trinajstić information content (AvgIpc) is 3.26. The molecule has 2 aromatic heterocycles. The van der Waals surface area contributed by atoms with Crippen LogP contribution in [0.3, 0.4) is 0 Å². The first-order valence-electron chi connectivity index (χ1n) is 8.74. The van der Waals surface area contributed by atoms with Crippen molar-refractivity contribution >= 4 is 11.9 Å². The molecule has 27 heavy (non-hydrogen) atoms. The molecule has 0 bridgehead atoms. The maximum atomic E-state index is 12.9. The molecule has 9 heteroatoms. The average molecular weight is 380 g/mol. The van der Waals surface area contributed by atoms with Gasteiger partial charge >= 0.3 is 6.18 Å². The van der Waals surface area contributed by atoms with E-state index in [0.717, 1.165) is 12.3 Å². The van der Waals surface area contributed by atoms with Crippen LogP contribution < -0.4 is 4.90 Å². The zero-order chi connectivity index (χ0) is 19.3. The van der Waals surface area contributed by atoms with Crippen molar-refractivity contribution in [1.82, 2.24) is 14.9 Å². The lowest BCUT2D eigenvalue weighted by Crippen LogP contribution is -2.34. The van der Waals surface area contributed by atoms with Crippen LogP contribution in [-0.4, -0.2) is 47.0 Å². The molecule has 2 unspecified atom stereocenters. The van der Waals surface area contributed by atoms with Gasteiger partial charge in [-0.25, -0.2) is 9.97 Å². The van der Waals surface area contributed by atoms with Gasteiger partial charge in [0.05, 0.1) is 5.56 Å². The van der Waals surface area contributed by atoms with Gasteiger partial charge in [0, 0.05) is 44.2 Å². The van der Waals surface area contributed by atoms with Crippen molar-refractivity contribution in [2.45, 2.75) is 20.0 Å². The monoisotopic (exact) mass is 380 g/mol. The van der Waals surface area contributed by atoms with E-state index >= 15 is 0 Å². The topological polar surface area (TPSA) is 62.5 Å². The minimum absolute atomic E-state index is 0.0550. The summed E-state index contributed by atoms with van der Waals surface area (Å²) in [6.45, 7) is 5.79. The maximum Gasteiger partial charge on any atom is 0.433 e. The Morgan fingerprint density at radius 3 is 2.41 bits per heavy atom. The van der Waals surface area contributed by atoms with Crippen LogP contribution in [0.1, 0.15) is 27.6 Å². The van der Waals surface area contributed by atoms with Crippen LogP contribution >= 0.6 is 0 Å². The van der Waals surface area contributed by atoms with Crippen molar-refractivity contribution in [3.63, 3.8) is 0 Å². The lowest BCUT2D eigenvalue weighted by atomic mass is 10.0. The van der Waals surface area contributed by atoms with Crippen LogP contribution in [0.4, 0.5) is 19.1 Å². The Morgan fingerprint density at radius 1 is 1.19 bits per heavy atom. The highest BCUT2D eigenvalue weighted by Gasteiger charge is 2.43. The van der Waals surface area contributed by atoms with Crippen LogP contribution in [0, 0.1) is 25.7 Å². The molecule has 2 atom stereocenters. The molecule has 0 aliphatic carbocycles. The maximum absolute atomic E-state index is 12.9. The number of aryl methyl sites for hydroxylation is 2. The minimum Gasteiger partial charge on any atom is -0.466 e. The predicted octanol–water partition coefficient (Wildman–Crippen LogP) is 2.91. The molecule has 0 saturated carbocycles. The van der Waals surface area contributed by atoms with E-state index in [4.69, 9.17) is 4.42 Å². The summed E-state index contributed by atoms with van der Waals surface area (Å²) in [6.07, 6.45) is -3.35. The Balaban J connectivity index is 1.44. The van der Waals surface area contributed by atoms with Gasteiger partial charge in [0.2, 0.25) is 5.95 Å². The van der Waals surface area contributed by atoms with E-state index in [-0.39, 0.29) is 23.7 Å². The number of carbonyl (C=O) groups is 1. The number of amides is 1. The molecule has 144 valence electrons. The number of rotatable bonds is 2. The van der Waals surface area contributed by atoms with E-state index < -0.39 is 11.9 Å². The van der Waals surface area contributed by atoms with Crippen LogP contribution in [0.15, 0.2) is 22.7 Å². The quantitative estimate of drug-likeness (QED) is 0.802. The highest BCUT2D eigenvalue weighted by Crippen LogP contribution is 2.35. The van der Waals surface area contributed by atoms with Gasteiger partial charge in [0.1, 0.15) is 17.2 Å². The number of halogens is 3. The third-order valence-corrected chi connectivity index (χ3v) is 5.26. The lowest BCUT2D eigenvalue weighted by molar-refractivity contribution is -0.141. The van der Waals surface area contributed by atoms with Crippen LogP contribution in [-0.2, 0) is 6.18 Å². The summed E-state index contributed by atoms with van der Waals surface area (Å²) < 4.78 is 44.0. The van der Waals surface area contributed by atoms with E-state index in [1.54, 1.807) is 29.7 Å². The molecule has 4 rings (SSSR count). The van der Waals surface area contributed by atoms with Crippen molar-refractivity contribution in [2.75, 3.05) is 31.1 Å². The van der Waals surface area contributed by atoms with Crippen LogP contribution in [0.5, 0.6) is 0 Å². The molecular formula is C18H19F3N4O2. The number of fused-ring (bicyclic) bond motifs is 1. The van der Waals surface area contributed by atoms with Crippen molar-refractivity contribution in [3.8, 4) is 0 Å². The SMILES string of the molecule is Cc1cc(C(=O)N2CC3CN(c4nccc(C(F)(F)F)n4)CC3C2)c(C)o1. The third kappa shape index (κ3) is 3.26. The van der Waals surface area contributed by atoms with E-state index in [9.17, 15) is 18.0 Å². The summed E-state index contributed by atoms with van der Waals surface area (Å²) >= 11 is 0. The molecule has 2 aliphatic heterocycles. The summed E-state index contributed by atoms with van der Waals surface area (Å²) in [4.78, 5) is 24.0. The summed E-state index contributed by atoms with van der Waals surface area (Å²) in [6, 6.07) is 2.62. The van der Waals surface area contributed by atoms with E-state index in [2.05, 4.69) is 9.97 Å². The first-order valence-corrected chi connectivity index (χ1v) is 8.74. The first-order chi connectivity index (χ1) is 12.7. The fraction of sp³-hybridized carbons (Fsp3) is 0.500. The lowest BCUT2D eigenvalue weighted by Gasteiger charge is -2.22. The second-order valence-electron chi connectivity index (χ2n) is 7.20. The summed E-state index contributed by atoms with van der Waals surface area (Å²) in [5.74, 6) is 1.73. The molecular weight excluding hydrogens is 361 g/mol. The highest BCUT2D eigenvalue weighted by atomic mass is 19.4. The van der Waals surface area contributed by atoms with Crippen LogP contribution in [0.2, 0.25) is 0 Å². The summed E-state index contributed by atoms with van der Waals surface area (Å²) in [5, 5.41) is 0. The van der Waals surface area contributed by atoms with E-state index in [1.807, 2.05) is 0 Å². The number of alkyl halides is 3. The van der Waals surface area contributed by atoms with E-state index in [1.165, 1.54) is 0 Å². The van der Waals surface area contributed by atoms with Crippen molar-refractivity contribution in [1.29, 1.82) is 0 Å². The highest BCUT2D eigenvalue weighted by molar-refractivity contribution is 5.95. The van der Waals surface area contributed by atoms with Crippen LogP contribution in [0.25, 0.3) is 0 Å². The second kappa shape index (κ2) is 6.24. The molecule has 0 aromatic carbocycles. The van der Waals surface area contributed by atoms with Gasteiger partial charge in [-0.3, -0.25) is 4.79 Å². The van der Waals surface area contributed by atoms with Gasteiger partial charge in [-0.2, -0.15) is 13.2 Å². The van der Waals surface area contributed by atoms with Gasteiger partial charge in [-0.15, -0.1) is 0 Å². The number of hydrogen-bond acceptors (Lipinski definition) is 5. The second-order valence-corrected chi connectivity index (χ2v) is 7.20. The van der Waals surface area contributed by atoms with Gasteiger partial charge < -0.3 is 14.2 Å². The molecule has 0 radical (unpaired) electrons. The Hall–Kier alpha value is -2.58. The fourth-order valence-electron chi connectivity index (χ4n) is 3.99. The minimum atomic E-state index is -4.49. The van der Waals surface area contributed by atoms with Crippen molar-refractivity contribution in [2.24, 2.45) is 11.8 Å². The Kier molecular flexibility index (Phi) is 4.12. The predicted molar refractivity (Wildman–Crippen MR) is 90.3 cm³/mol. The van der Waals surface area contributed by atoms with Crippen molar-refractivity contribution < 1.29 is 22.4 Å². The van der Waals surface area contributed by atoms with Gasteiger partial charge in [-0.1, -0.05) is 0 Å². The van der Waals surface area contributed by atoms with Crippen molar-refractivity contribution in [3.05, 3.63) is 41.1 Å². The molecule has 0 N–H and O–H groups in total. The number of hydrogen-bond donors (Lipinski definition) is 0. The first kappa shape index (κ1) is 17.8. The summed E-state index contributed by atoms with van der Waals surface area (Å²) in [5.41, 5.74) is -0.363. The molecule has 0 spiro atoms. The number of furan rings is 1. The largest absolute Gasteiger partial charge is 0.466 e. The van der Waals surface area contributed by atoms with Gasteiger partial charge in [0.15, 0.2) is 0 Å². The molecule has 6 nitrogen and oxygen atoms in total. The number of carbonyl (C=O) groups excluding carboxylic acids is 1. The molecule has 2 fully saturated rings. The number of anilines is 1. The normalized spacial score (nSPS) is 22.4.